The summed E-state index contributed by atoms with van der Waals surface area (Å²) in [4.78, 5) is 21.0. The highest BCUT2D eigenvalue weighted by Gasteiger charge is 2.05. The molecule has 3 aromatic rings. The molecule has 0 fully saturated rings. The number of benzene rings is 1. The van der Waals surface area contributed by atoms with Gasteiger partial charge in [0.05, 0.1) is 29.0 Å². The number of imidazole rings is 1. The van der Waals surface area contributed by atoms with Crippen molar-refractivity contribution < 1.29 is 0 Å². The molecular formula is C13H10Br2N4O. The summed E-state index contributed by atoms with van der Waals surface area (Å²) in [5, 5.41) is 3.29. The SMILES string of the molecule is O=c1[nH]c2cc(Br)c(NCc3ccc(Br)cn3)cc2[nH]1. The summed E-state index contributed by atoms with van der Waals surface area (Å²) in [6.45, 7) is 0.603. The third-order valence-corrected chi connectivity index (χ3v) is 3.98. The average Bonchev–Trinajstić information content (AvgIpc) is 2.77. The highest BCUT2D eigenvalue weighted by Crippen LogP contribution is 2.26. The molecule has 5 nitrogen and oxygen atoms in total. The minimum Gasteiger partial charge on any atom is -0.378 e. The van der Waals surface area contributed by atoms with Gasteiger partial charge in [-0.25, -0.2) is 4.79 Å². The maximum Gasteiger partial charge on any atom is 0.323 e. The smallest absolute Gasteiger partial charge is 0.323 e. The van der Waals surface area contributed by atoms with E-state index >= 15 is 0 Å². The van der Waals surface area contributed by atoms with Crippen LogP contribution in [0, 0.1) is 0 Å². The molecule has 0 saturated carbocycles. The van der Waals surface area contributed by atoms with Gasteiger partial charge in [-0.15, -0.1) is 0 Å². The zero-order valence-corrected chi connectivity index (χ0v) is 13.4. The molecule has 20 heavy (non-hydrogen) atoms. The largest absolute Gasteiger partial charge is 0.378 e. The normalized spacial score (nSPS) is 10.9. The van der Waals surface area contributed by atoms with E-state index in [1.165, 1.54) is 0 Å². The van der Waals surface area contributed by atoms with Crippen molar-refractivity contribution in [1.29, 1.82) is 0 Å². The predicted octanol–water partition coefficient (Wildman–Crippen LogP) is 3.39. The molecule has 102 valence electrons. The lowest BCUT2D eigenvalue weighted by Crippen LogP contribution is -2.02. The number of pyridine rings is 1. The molecule has 3 rings (SSSR count). The van der Waals surface area contributed by atoms with Crippen LogP contribution < -0.4 is 11.0 Å². The third kappa shape index (κ3) is 2.78. The Kier molecular flexibility index (Phi) is 3.62. The maximum absolute atomic E-state index is 11.3. The number of H-pyrrole nitrogens is 2. The van der Waals surface area contributed by atoms with E-state index in [2.05, 4.69) is 52.1 Å². The molecule has 2 heterocycles. The Morgan fingerprint density at radius 3 is 2.60 bits per heavy atom. The first-order valence-corrected chi connectivity index (χ1v) is 7.46. The molecule has 1 aromatic carbocycles. The quantitative estimate of drug-likeness (QED) is 0.634. The number of rotatable bonds is 3. The summed E-state index contributed by atoms with van der Waals surface area (Å²) in [5.41, 5.74) is 3.16. The predicted molar refractivity (Wildman–Crippen MR) is 85.9 cm³/mol. The van der Waals surface area contributed by atoms with Gasteiger partial charge < -0.3 is 15.3 Å². The van der Waals surface area contributed by atoms with Crippen molar-refractivity contribution in [2.24, 2.45) is 0 Å². The Balaban J connectivity index is 1.84. The zero-order chi connectivity index (χ0) is 14.1. The van der Waals surface area contributed by atoms with E-state index in [9.17, 15) is 4.79 Å². The van der Waals surface area contributed by atoms with Gasteiger partial charge in [-0.3, -0.25) is 4.98 Å². The van der Waals surface area contributed by atoms with Crippen LogP contribution in [0.3, 0.4) is 0 Å². The van der Waals surface area contributed by atoms with E-state index < -0.39 is 0 Å². The fraction of sp³-hybridized carbons (Fsp3) is 0.0769. The first-order valence-electron chi connectivity index (χ1n) is 5.88. The first kappa shape index (κ1) is 13.4. The summed E-state index contributed by atoms with van der Waals surface area (Å²) in [6.07, 6.45) is 1.76. The molecule has 7 heteroatoms. The molecule has 2 aromatic heterocycles. The molecule has 0 aliphatic carbocycles. The van der Waals surface area contributed by atoms with Gasteiger partial charge in [0.1, 0.15) is 0 Å². The lowest BCUT2D eigenvalue weighted by molar-refractivity contribution is 1.04. The summed E-state index contributed by atoms with van der Waals surface area (Å²) < 4.78 is 1.84. The van der Waals surface area contributed by atoms with Gasteiger partial charge in [-0.2, -0.15) is 0 Å². The fourth-order valence-corrected chi connectivity index (χ4v) is 2.61. The fourth-order valence-electron chi connectivity index (χ4n) is 1.89. The number of aromatic nitrogens is 3. The Hall–Kier alpha value is -1.60. The molecule has 0 unspecified atom stereocenters. The van der Waals surface area contributed by atoms with Crippen LogP contribution in [0.2, 0.25) is 0 Å². The third-order valence-electron chi connectivity index (χ3n) is 2.85. The van der Waals surface area contributed by atoms with E-state index in [1.54, 1.807) is 6.20 Å². The molecule has 0 saturated heterocycles. The summed E-state index contributed by atoms with van der Waals surface area (Å²) in [6, 6.07) is 7.65. The van der Waals surface area contributed by atoms with Crippen LogP contribution >= 0.6 is 31.9 Å². The van der Waals surface area contributed by atoms with Crippen molar-refractivity contribution in [2.75, 3.05) is 5.32 Å². The second-order valence-electron chi connectivity index (χ2n) is 4.28. The Bertz CT molecular complexity index is 807. The first-order chi connectivity index (χ1) is 9.61. The number of nitrogens with zero attached hydrogens (tertiary/aromatic N) is 1. The molecule has 3 N–H and O–H groups in total. The minimum absolute atomic E-state index is 0.210. The number of hydrogen-bond acceptors (Lipinski definition) is 3. The maximum atomic E-state index is 11.3. The number of halogens is 2. The van der Waals surface area contributed by atoms with Crippen molar-refractivity contribution in [3.8, 4) is 0 Å². The highest BCUT2D eigenvalue weighted by molar-refractivity contribution is 9.10. The van der Waals surface area contributed by atoms with Gasteiger partial charge in [0.25, 0.3) is 0 Å². The molecule has 0 aliphatic heterocycles. The van der Waals surface area contributed by atoms with Gasteiger partial charge in [0.2, 0.25) is 0 Å². The number of fused-ring (bicyclic) bond motifs is 1. The van der Waals surface area contributed by atoms with Crippen molar-refractivity contribution in [2.45, 2.75) is 6.54 Å². The van der Waals surface area contributed by atoms with E-state index in [1.807, 2.05) is 24.3 Å². The zero-order valence-electron chi connectivity index (χ0n) is 10.2. The molecule has 0 aliphatic rings. The topological polar surface area (TPSA) is 73.6 Å². The highest BCUT2D eigenvalue weighted by atomic mass is 79.9. The van der Waals surface area contributed by atoms with E-state index in [0.29, 0.717) is 6.54 Å². The molecule has 0 spiro atoms. The summed E-state index contributed by atoms with van der Waals surface area (Å²) in [7, 11) is 0. The standard InChI is InChI=1S/C13H10Br2N4O/c14-7-1-2-8(16-5-7)6-17-10-4-12-11(3-9(10)15)18-13(20)19-12/h1-5,17H,6H2,(H2,18,19,20). The number of nitrogens with one attached hydrogen (secondary N) is 3. The number of anilines is 1. The van der Waals surface area contributed by atoms with Crippen LogP contribution in [-0.2, 0) is 6.54 Å². The van der Waals surface area contributed by atoms with E-state index in [0.717, 1.165) is 31.4 Å². The van der Waals surface area contributed by atoms with Crippen LogP contribution in [0.1, 0.15) is 5.69 Å². The van der Waals surface area contributed by atoms with Crippen LogP contribution in [0.4, 0.5) is 5.69 Å². The molecule has 0 radical (unpaired) electrons. The second kappa shape index (κ2) is 5.41. The number of hydrogen-bond donors (Lipinski definition) is 3. The molecule has 0 amide bonds. The van der Waals surface area contributed by atoms with Gasteiger partial charge in [0.15, 0.2) is 0 Å². The van der Waals surface area contributed by atoms with Crippen molar-refractivity contribution in [3.05, 3.63) is 55.6 Å². The Labute approximate surface area is 131 Å². The second-order valence-corrected chi connectivity index (χ2v) is 6.05. The summed E-state index contributed by atoms with van der Waals surface area (Å²) >= 11 is 6.84. The van der Waals surface area contributed by atoms with Crippen molar-refractivity contribution >= 4 is 48.6 Å². The molecule has 0 bridgehead atoms. The van der Waals surface area contributed by atoms with Crippen molar-refractivity contribution in [1.82, 2.24) is 15.0 Å². The minimum atomic E-state index is -0.210. The Morgan fingerprint density at radius 1 is 1.15 bits per heavy atom. The van der Waals surface area contributed by atoms with E-state index in [-0.39, 0.29) is 5.69 Å². The van der Waals surface area contributed by atoms with Crippen molar-refractivity contribution in [3.63, 3.8) is 0 Å². The van der Waals surface area contributed by atoms with Crippen LogP contribution in [-0.4, -0.2) is 15.0 Å². The monoisotopic (exact) mass is 396 g/mol. The molecular weight excluding hydrogens is 388 g/mol. The van der Waals surface area contributed by atoms with Gasteiger partial charge >= 0.3 is 5.69 Å². The lowest BCUT2D eigenvalue weighted by Gasteiger charge is -2.08. The van der Waals surface area contributed by atoms with Gasteiger partial charge in [-0.05, 0) is 56.1 Å². The van der Waals surface area contributed by atoms with Gasteiger partial charge in [-0.1, -0.05) is 0 Å². The number of aromatic amines is 2. The van der Waals surface area contributed by atoms with Crippen LogP contribution in [0.5, 0.6) is 0 Å². The molecule has 0 atom stereocenters. The van der Waals surface area contributed by atoms with E-state index in [4.69, 9.17) is 0 Å². The lowest BCUT2D eigenvalue weighted by atomic mass is 10.2. The average molecular weight is 398 g/mol. The van der Waals surface area contributed by atoms with Crippen LogP contribution in [0.15, 0.2) is 44.2 Å². The van der Waals surface area contributed by atoms with Gasteiger partial charge in [0, 0.05) is 15.1 Å². The Morgan fingerprint density at radius 2 is 1.90 bits per heavy atom. The summed E-state index contributed by atoms with van der Waals surface area (Å²) in [5.74, 6) is 0. The van der Waals surface area contributed by atoms with Crippen LogP contribution in [0.25, 0.3) is 11.0 Å².